The van der Waals surface area contributed by atoms with Gasteiger partial charge in [0.2, 0.25) is 11.8 Å². The first-order valence-electron chi connectivity index (χ1n) is 8.85. The molecule has 0 fully saturated rings. The molecule has 0 bridgehead atoms. The van der Waals surface area contributed by atoms with Gasteiger partial charge in [-0.15, -0.1) is 11.3 Å². The first kappa shape index (κ1) is 18.6. The lowest BCUT2D eigenvalue weighted by Gasteiger charge is -2.33. The largest absolute Gasteiger partial charge is 0.335 e. The Balaban J connectivity index is 1.53. The lowest BCUT2D eigenvalue weighted by Crippen LogP contribution is -2.48. The van der Waals surface area contributed by atoms with Crippen LogP contribution in [-0.4, -0.2) is 47.8 Å². The van der Waals surface area contributed by atoms with Gasteiger partial charge in [0, 0.05) is 30.7 Å². The van der Waals surface area contributed by atoms with Gasteiger partial charge in [-0.1, -0.05) is 17.7 Å². The quantitative estimate of drug-likeness (QED) is 0.879. The van der Waals surface area contributed by atoms with E-state index in [1.54, 1.807) is 18.4 Å². The molecule has 0 saturated carbocycles. The lowest BCUT2D eigenvalue weighted by molar-refractivity contribution is -0.138. The fourth-order valence-corrected chi connectivity index (χ4v) is 4.10. The Bertz CT molecular complexity index is 785. The Kier molecular flexibility index (Phi) is 5.74. The van der Waals surface area contributed by atoms with Gasteiger partial charge in [-0.05, 0) is 49.4 Å². The number of rotatable bonds is 5. The average Bonchev–Trinajstić information content (AvgIpc) is 3.10. The van der Waals surface area contributed by atoms with Crippen LogP contribution in [0.1, 0.15) is 22.9 Å². The normalized spacial score (nSPS) is 15.2. The van der Waals surface area contributed by atoms with E-state index in [0.717, 1.165) is 30.8 Å². The van der Waals surface area contributed by atoms with Gasteiger partial charge in [0.15, 0.2) is 0 Å². The van der Waals surface area contributed by atoms with Crippen molar-refractivity contribution in [1.82, 2.24) is 9.80 Å². The molecule has 6 heteroatoms. The summed E-state index contributed by atoms with van der Waals surface area (Å²) >= 11 is 1.79. The monoisotopic (exact) mass is 371 g/mol. The minimum atomic E-state index is -0.236. The Morgan fingerprint density at radius 1 is 1.27 bits per heavy atom. The number of carbonyl (C=O) groups excluding carboxylic acids is 2. The van der Waals surface area contributed by atoms with E-state index >= 15 is 0 Å². The van der Waals surface area contributed by atoms with Gasteiger partial charge < -0.3 is 10.2 Å². The number of aryl methyl sites for hydroxylation is 1. The fourth-order valence-electron chi connectivity index (χ4n) is 3.21. The molecule has 2 amide bonds. The van der Waals surface area contributed by atoms with Gasteiger partial charge in [-0.2, -0.15) is 0 Å². The predicted octanol–water partition coefficient (Wildman–Crippen LogP) is 2.90. The zero-order valence-corrected chi connectivity index (χ0v) is 16.3. The van der Waals surface area contributed by atoms with Crippen molar-refractivity contribution in [3.05, 3.63) is 51.7 Å². The Morgan fingerprint density at radius 3 is 2.73 bits per heavy atom. The molecule has 3 rings (SSSR count). The average molecular weight is 372 g/mol. The molecule has 2 heterocycles. The van der Waals surface area contributed by atoms with Crippen LogP contribution in [0.3, 0.4) is 0 Å². The van der Waals surface area contributed by atoms with Gasteiger partial charge >= 0.3 is 0 Å². The van der Waals surface area contributed by atoms with Gasteiger partial charge in [0.1, 0.15) is 0 Å². The van der Waals surface area contributed by atoms with Crippen molar-refractivity contribution in [1.29, 1.82) is 0 Å². The zero-order valence-electron chi connectivity index (χ0n) is 15.5. The number of thiophene rings is 1. The molecule has 2 aromatic rings. The molecule has 0 spiro atoms. The van der Waals surface area contributed by atoms with Crippen molar-refractivity contribution < 1.29 is 9.59 Å². The predicted molar refractivity (Wildman–Crippen MR) is 105 cm³/mol. The first-order chi connectivity index (χ1) is 12.4. The standard InChI is InChI=1S/C20H25N3O2S/c1-14-4-6-17(7-5-14)21-19(24)13-22(3)20(25)15(2)23-10-8-18-16(12-23)9-11-26-18/h4-7,9,11,15H,8,10,12-13H2,1-3H3,(H,21,24)/t15-/m1/s1. The van der Waals surface area contributed by atoms with E-state index in [-0.39, 0.29) is 24.4 Å². The van der Waals surface area contributed by atoms with Crippen LogP contribution < -0.4 is 5.32 Å². The number of fused-ring (bicyclic) bond motifs is 1. The number of nitrogens with zero attached hydrogens (tertiary/aromatic N) is 2. The zero-order chi connectivity index (χ0) is 18.7. The summed E-state index contributed by atoms with van der Waals surface area (Å²) in [4.78, 5) is 30.1. The minimum Gasteiger partial charge on any atom is -0.335 e. The highest BCUT2D eigenvalue weighted by Crippen LogP contribution is 2.25. The molecule has 1 aliphatic rings. The molecule has 1 aromatic carbocycles. The minimum absolute atomic E-state index is 0.0252. The molecule has 26 heavy (non-hydrogen) atoms. The lowest BCUT2D eigenvalue weighted by atomic mass is 10.1. The molecule has 5 nitrogen and oxygen atoms in total. The molecule has 1 atom stereocenters. The molecular formula is C20H25N3O2S. The van der Waals surface area contributed by atoms with Crippen molar-refractivity contribution in [3.8, 4) is 0 Å². The molecular weight excluding hydrogens is 346 g/mol. The van der Waals surface area contributed by atoms with Gasteiger partial charge in [-0.3, -0.25) is 14.5 Å². The van der Waals surface area contributed by atoms with Crippen molar-refractivity contribution in [2.45, 2.75) is 32.9 Å². The second-order valence-electron chi connectivity index (χ2n) is 6.87. The highest BCUT2D eigenvalue weighted by molar-refractivity contribution is 7.10. The number of carbonyl (C=O) groups is 2. The van der Waals surface area contributed by atoms with Crippen molar-refractivity contribution >= 4 is 28.8 Å². The SMILES string of the molecule is Cc1ccc(NC(=O)CN(C)C(=O)[C@@H](C)N2CCc3sccc3C2)cc1. The van der Waals surface area contributed by atoms with Crippen molar-refractivity contribution in [3.63, 3.8) is 0 Å². The fraction of sp³-hybridized carbons (Fsp3) is 0.400. The third-order valence-corrected chi connectivity index (χ3v) is 5.86. The van der Waals surface area contributed by atoms with Crippen LogP contribution in [0.4, 0.5) is 5.69 Å². The van der Waals surface area contributed by atoms with Gasteiger partial charge in [-0.25, -0.2) is 0 Å². The molecule has 0 aliphatic carbocycles. The van der Waals surface area contributed by atoms with Crippen LogP contribution in [0.5, 0.6) is 0 Å². The molecule has 0 unspecified atom stereocenters. The number of benzene rings is 1. The van der Waals surface area contributed by atoms with Crippen molar-refractivity contribution in [2.75, 3.05) is 25.5 Å². The summed E-state index contributed by atoms with van der Waals surface area (Å²) in [6.07, 6.45) is 0.988. The van der Waals surface area contributed by atoms with Gasteiger partial charge in [0.25, 0.3) is 0 Å². The molecule has 1 aromatic heterocycles. The first-order valence-corrected chi connectivity index (χ1v) is 9.73. The topological polar surface area (TPSA) is 52.7 Å². The Hall–Kier alpha value is -2.18. The third kappa shape index (κ3) is 4.31. The van der Waals surface area contributed by atoms with Crippen LogP contribution in [0, 0.1) is 6.92 Å². The van der Waals surface area contributed by atoms with E-state index in [9.17, 15) is 9.59 Å². The van der Waals surface area contributed by atoms with Crippen LogP contribution >= 0.6 is 11.3 Å². The molecule has 0 saturated heterocycles. The molecule has 0 radical (unpaired) electrons. The molecule has 1 aliphatic heterocycles. The Labute approximate surface area is 158 Å². The summed E-state index contributed by atoms with van der Waals surface area (Å²) in [5.74, 6) is -0.210. The Morgan fingerprint density at radius 2 is 2.00 bits per heavy atom. The maximum absolute atomic E-state index is 12.7. The van der Waals surface area contributed by atoms with E-state index in [2.05, 4.69) is 21.7 Å². The van der Waals surface area contributed by atoms with E-state index in [1.807, 2.05) is 38.1 Å². The number of hydrogen-bond acceptors (Lipinski definition) is 4. The maximum atomic E-state index is 12.7. The second-order valence-corrected chi connectivity index (χ2v) is 7.87. The van der Waals surface area contributed by atoms with Crippen LogP contribution in [0.25, 0.3) is 0 Å². The van der Waals surface area contributed by atoms with Crippen molar-refractivity contribution in [2.24, 2.45) is 0 Å². The van der Waals surface area contributed by atoms with Crippen LogP contribution in [0.15, 0.2) is 35.7 Å². The van der Waals surface area contributed by atoms with Crippen LogP contribution in [0.2, 0.25) is 0 Å². The van der Waals surface area contributed by atoms with E-state index in [4.69, 9.17) is 0 Å². The summed E-state index contributed by atoms with van der Waals surface area (Å²) in [7, 11) is 1.69. The van der Waals surface area contributed by atoms with E-state index < -0.39 is 0 Å². The third-order valence-electron chi connectivity index (χ3n) is 4.83. The van der Waals surface area contributed by atoms with Crippen LogP contribution in [-0.2, 0) is 22.6 Å². The summed E-state index contributed by atoms with van der Waals surface area (Å²) in [5.41, 5.74) is 3.20. The maximum Gasteiger partial charge on any atom is 0.243 e. The number of anilines is 1. The summed E-state index contributed by atoms with van der Waals surface area (Å²) in [5, 5.41) is 4.95. The number of nitrogens with one attached hydrogen (secondary N) is 1. The number of amides is 2. The summed E-state index contributed by atoms with van der Waals surface area (Å²) in [6, 6.07) is 9.53. The molecule has 138 valence electrons. The molecule has 1 N–H and O–H groups in total. The highest BCUT2D eigenvalue weighted by atomic mass is 32.1. The summed E-state index contributed by atoms with van der Waals surface area (Å²) < 4.78 is 0. The second kappa shape index (κ2) is 8.01. The smallest absolute Gasteiger partial charge is 0.243 e. The van der Waals surface area contributed by atoms with E-state index in [1.165, 1.54) is 15.3 Å². The van der Waals surface area contributed by atoms with E-state index in [0.29, 0.717) is 0 Å². The number of likely N-dealkylation sites (N-methyl/N-ethyl adjacent to an activating group) is 1. The number of hydrogen-bond donors (Lipinski definition) is 1. The van der Waals surface area contributed by atoms with Gasteiger partial charge in [0.05, 0.1) is 12.6 Å². The highest BCUT2D eigenvalue weighted by Gasteiger charge is 2.28. The summed E-state index contributed by atoms with van der Waals surface area (Å²) in [6.45, 7) is 5.65.